The van der Waals surface area contributed by atoms with Gasteiger partial charge in [0.2, 0.25) is 0 Å². The van der Waals surface area contributed by atoms with Crippen molar-refractivity contribution in [2.24, 2.45) is 5.41 Å². The molecule has 1 heterocycles. The number of carboxylic acids is 2. The van der Waals surface area contributed by atoms with Crippen molar-refractivity contribution in [3.8, 4) is 0 Å². The molecule has 22 heavy (non-hydrogen) atoms. The smallest absolute Gasteiger partial charge is 0.322 e. The molecule has 0 aromatic heterocycles. The summed E-state index contributed by atoms with van der Waals surface area (Å²) in [7, 11) is 1.52. The Kier molecular flexibility index (Phi) is 4.83. The zero-order valence-corrected chi connectivity index (χ0v) is 12.7. The van der Waals surface area contributed by atoms with Crippen molar-refractivity contribution in [2.45, 2.75) is 32.0 Å². The summed E-state index contributed by atoms with van der Waals surface area (Å²) >= 11 is 0. The molecule has 0 saturated carbocycles. The molecular weight excluding hydrogens is 286 g/mol. The first-order valence-electron chi connectivity index (χ1n) is 7.15. The van der Waals surface area contributed by atoms with Crippen molar-refractivity contribution < 1.29 is 24.5 Å². The maximum atomic E-state index is 11.7. The number of ether oxygens (including phenoxy) is 1. The highest BCUT2D eigenvalue weighted by Gasteiger charge is 2.53. The van der Waals surface area contributed by atoms with Gasteiger partial charge >= 0.3 is 11.9 Å². The molecule has 0 radical (unpaired) electrons. The third-order valence-electron chi connectivity index (χ3n) is 4.34. The number of methoxy groups -OCH3 is 1. The molecule has 2 N–H and O–H groups in total. The standard InChI is InChI=1S/C16H21NO5/c1-16(15(20)21)8-12(22-2)10-17(13(16)14(18)19)9-11-6-4-3-5-7-11/h3-7,12-13H,8-10H2,1-2H3,(H,18,19)(H,20,21)/t12-,13+,16-/m0/s1. The highest BCUT2D eigenvalue weighted by molar-refractivity contribution is 5.86. The summed E-state index contributed by atoms with van der Waals surface area (Å²) in [5, 5.41) is 19.2. The zero-order chi connectivity index (χ0) is 16.3. The molecule has 0 bridgehead atoms. The van der Waals surface area contributed by atoms with Gasteiger partial charge in [0.15, 0.2) is 0 Å². The van der Waals surface area contributed by atoms with Crippen LogP contribution in [0.1, 0.15) is 18.9 Å². The van der Waals surface area contributed by atoms with E-state index in [4.69, 9.17) is 4.74 Å². The molecule has 0 unspecified atom stereocenters. The summed E-state index contributed by atoms with van der Waals surface area (Å²) in [5.74, 6) is -2.23. The van der Waals surface area contributed by atoms with Gasteiger partial charge < -0.3 is 14.9 Å². The van der Waals surface area contributed by atoms with Gasteiger partial charge in [-0.1, -0.05) is 30.3 Å². The molecule has 1 aromatic rings. The molecule has 1 saturated heterocycles. The average molecular weight is 307 g/mol. The van der Waals surface area contributed by atoms with Crippen LogP contribution in [0.25, 0.3) is 0 Å². The monoisotopic (exact) mass is 307 g/mol. The molecule has 1 aliphatic rings. The zero-order valence-electron chi connectivity index (χ0n) is 12.7. The molecular formula is C16H21NO5. The van der Waals surface area contributed by atoms with E-state index in [9.17, 15) is 19.8 Å². The van der Waals surface area contributed by atoms with Crippen molar-refractivity contribution in [2.75, 3.05) is 13.7 Å². The van der Waals surface area contributed by atoms with E-state index in [0.717, 1.165) is 5.56 Å². The van der Waals surface area contributed by atoms with Gasteiger partial charge in [-0.15, -0.1) is 0 Å². The maximum Gasteiger partial charge on any atom is 0.322 e. The molecule has 1 aliphatic heterocycles. The van der Waals surface area contributed by atoms with Crippen LogP contribution in [0.4, 0.5) is 0 Å². The van der Waals surface area contributed by atoms with E-state index in [2.05, 4.69) is 0 Å². The Morgan fingerprint density at radius 3 is 2.45 bits per heavy atom. The number of likely N-dealkylation sites (tertiary alicyclic amines) is 1. The van der Waals surface area contributed by atoms with Crippen molar-refractivity contribution in [3.05, 3.63) is 35.9 Å². The van der Waals surface area contributed by atoms with Crippen LogP contribution in [0, 0.1) is 5.41 Å². The predicted molar refractivity (Wildman–Crippen MR) is 79.4 cm³/mol. The Morgan fingerprint density at radius 2 is 1.95 bits per heavy atom. The SMILES string of the molecule is CO[C@@H]1CN(Cc2ccccc2)[C@H](C(=O)O)[C@@](C)(C(=O)O)C1. The lowest BCUT2D eigenvalue weighted by Crippen LogP contribution is -2.61. The number of carboxylic acid groups (broad SMARTS) is 2. The molecule has 120 valence electrons. The minimum absolute atomic E-state index is 0.182. The molecule has 3 atom stereocenters. The lowest BCUT2D eigenvalue weighted by Gasteiger charge is -2.46. The summed E-state index contributed by atoms with van der Waals surface area (Å²) in [4.78, 5) is 25.1. The fraction of sp³-hybridized carbons (Fsp3) is 0.500. The van der Waals surface area contributed by atoms with E-state index >= 15 is 0 Å². The second-order valence-corrected chi connectivity index (χ2v) is 5.94. The third-order valence-corrected chi connectivity index (χ3v) is 4.34. The van der Waals surface area contributed by atoms with E-state index in [-0.39, 0.29) is 12.5 Å². The number of carbonyl (C=O) groups is 2. The Morgan fingerprint density at radius 1 is 1.32 bits per heavy atom. The number of piperidine rings is 1. The van der Waals surface area contributed by atoms with E-state index < -0.39 is 23.4 Å². The summed E-state index contributed by atoms with van der Waals surface area (Å²) in [5.41, 5.74) is -0.447. The topological polar surface area (TPSA) is 87.1 Å². The number of benzene rings is 1. The highest BCUT2D eigenvalue weighted by atomic mass is 16.5. The van der Waals surface area contributed by atoms with Crippen LogP contribution in [0.15, 0.2) is 30.3 Å². The number of hydrogen-bond acceptors (Lipinski definition) is 4. The summed E-state index contributed by atoms with van der Waals surface area (Å²) < 4.78 is 5.33. The number of nitrogens with zero attached hydrogens (tertiary/aromatic N) is 1. The second-order valence-electron chi connectivity index (χ2n) is 5.94. The molecule has 0 spiro atoms. The van der Waals surface area contributed by atoms with Crippen molar-refractivity contribution in [1.29, 1.82) is 0 Å². The number of hydrogen-bond donors (Lipinski definition) is 2. The first-order chi connectivity index (χ1) is 10.4. The number of rotatable bonds is 5. The van der Waals surface area contributed by atoms with Crippen molar-refractivity contribution >= 4 is 11.9 Å². The van der Waals surface area contributed by atoms with Crippen LogP contribution in [-0.2, 0) is 20.9 Å². The normalized spacial score (nSPS) is 29.2. The highest BCUT2D eigenvalue weighted by Crippen LogP contribution is 2.38. The van der Waals surface area contributed by atoms with Crippen molar-refractivity contribution in [1.82, 2.24) is 4.90 Å². The van der Waals surface area contributed by atoms with Gasteiger partial charge in [-0.2, -0.15) is 0 Å². The second kappa shape index (κ2) is 6.46. The van der Waals surface area contributed by atoms with Gasteiger partial charge in [-0.25, -0.2) is 0 Å². The van der Waals surface area contributed by atoms with E-state index in [1.807, 2.05) is 30.3 Å². The van der Waals surface area contributed by atoms with Gasteiger partial charge in [-0.3, -0.25) is 14.5 Å². The molecule has 1 aromatic carbocycles. The lowest BCUT2D eigenvalue weighted by atomic mass is 9.73. The molecule has 0 aliphatic carbocycles. The number of aliphatic carboxylic acids is 2. The molecule has 0 amide bonds. The van der Waals surface area contributed by atoms with Crippen LogP contribution < -0.4 is 0 Å². The minimum Gasteiger partial charge on any atom is -0.481 e. The molecule has 6 nitrogen and oxygen atoms in total. The Labute approximate surface area is 129 Å². The van der Waals surface area contributed by atoms with Gasteiger partial charge in [0.25, 0.3) is 0 Å². The first-order valence-corrected chi connectivity index (χ1v) is 7.15. The van der Waals surface area contributed by atoms with E-state index in [0.29, 0.717) is 13.1 Å². The molecule has 6 heteroatoms. The van der Waals surface area contributed by atoms with Crippen LogP contribution in [-0.4, -0.2) is 52.9 Å². The quantitative estimate of drug-likeness (QED) is 0.856. The average Bonchev–Trinajstić information content (AvgIpc) is 2.47. The molecule has 2 rings (SSSR count). The van der Waals surface area contributed by atoms with Crippen LogP contribution in [0.2, 0.25) is 0 Å². The minimum atomic E-state index is -1.39. The molecule has 1 fully saturated rings. The van der Waals surface area contributed by atoms with Crippen molar-refractivity contribution in [3.63, 3.8) is 0 Å². The van der Waals surface area contributed by atoms with Gasteiger partial charge in [-0.05, 0) is 18.9 Å². The first kappa shape index (κ1) is 16.5. The Hall–Kier alpha value is -1.92. The Bertz CT molecular complexity index is 547. The maximum absolute atomic E-state index is 11.7. The van der Waals surface area contributed by atoms with Crippen LogP contribution >= 0.6 is 0 Å². The summed E-state index contributed by atoms with van der Waals surface area (Å²) in [6, 6.07) is 8.34. The van der Waals surface area contributed by atoms with Gasteiger partial charge in [0.05, 0.1) is 11.5 Å². The van der Waals surface area contributed by atoms with Gasteiger partial charge in [0, 0.05) is 20.2 Å². The fourth-order valence-corrected chi connectivity index (χ4v) is 3.18. The lowest BCUT2D eigenvalue weighted by molar-refractivity contribution is -0.174. The third kappa shape index (κ3) is 3.13. The largest absolute Gasteiger partial charge is 0.481 e. The van der Waals surface area contributed by atoms with E-state index in [1.54, 1.807) is 4.90 Å². The Balaban J connectivity index is 2.35. The summed E-state index contributed by atoms with van der Waals surface area (Å²) in [6.45, 7) is 2.25. The van der Waals surface area contributed by atoms with Crippen LogP contribution in [0.3, 0.4) is 0 Å². The fourth-order valence-electron chi connectivity index (χ4n) is 3.18. The van der Waals surface area contributed by atoms with Gasteiger partial charge in [0.1, 0.15) is 6.04 Å². The van der Waals surface area contributed by atoms with Crippen LogP contribution in [0.5, 0.6) is 0 Å². The predicted octanol–water partition coefficient (Wildman–Crippen LogP) is 1.45. The van der Waals surface area contributed by atoms with E-state index in [1.165, 1.54) is 14.0 Å². The summed E-state index contributed by atoms with van der Waals surface area (Å²) in [6.07, 6.45) is -0.124.